The summed E-state index contributed by atoms with van der Waals surface area (Å²) in [7, 11) is 3.57. The van der Waals surface area contributed by atoms with Gasteiger partial charge in [0.15, 0.2) is 11.4 Å². The lowest BCUT2D eigenvalue weighted by Crippen LogP contribution is -2.15. The molecule has 0 amide bonds. The Morgan fingerprint density at radius 2 is 1.95 bits per heavy atom. The molecule has 1 aromatic heterocycles. The number of methoxy groups -OCH3 is 1. The molecule has 0 aliphatic rings. The van der Waals surface area contributed by atoms with Crippen LogP contribution in [-0.4, -0.2) is 25.4 Å². The quantitative estimate of drug-likeness (QED) is 0.800. The number of benzene rings is 1. The first-order chi connectivity index (χ1) is 9.88. The van der Waals surface area contributed by atoms with Gasteiger partial charge < -0.3 is 9.64 Å². The third kappa shape index (κ3) is 3.08. The van der Waals surface area contributed by atoms with E-state index in [9.17, 15) is 4.79 Å². The van der Waals surface area contributed by atoms with Crippen LogP contribution in [-0.2, 0) is 5.41 Å². The highest BCUT2D eigenvalue weighted by Gasteiger charge is 2.25. The van der Waals surface area contributed by atoms with Gasteiger partial charge in [0.25, 0.3) is 0 Å². The van der Waals surface area contributed by atoms with Gasteiger partial charge in [-0.3, -0.25) is 4.79 Å². The molecule has 0 aliphatic heterocycles. The number of carbonyl (C=O) groups is 1. The Morgan fingerprint density at radius 1 is 1.29 bits per heavy atom. The largest absolute Gasteiger partial charge is 0.495 e. The van der Waals surface area contributed by atoms with Gasteiger partial charge >= 0.3 is 0 Å². The van der Waals surface area contributed by atoms with Gasteiger partial charge in [-0.15, -0.1) is 0 Å². The highest BCUT2D eigenvalue weighted by atomic mass is 32.1. The summed E-state index contributed by atoms with van der Waals surface area (Å²) in [4.78, 5) is 18.6. The van der Waals surface area contributed by atoms with Gasteiger partial charge in [-0.05, 0) is 12.1 Å². The van der Waals surface area contributed by atoms with Crippen LogP contribution >= 0.6 is 11.3 Å². The van der Waals surface area contributed by atoms with E-state index in [4.69, 9.17) is 4.74 Å². The Balaban J connectivity index is 2.47. The molecule has 0 saturated heterocycles. The standard InChI is InChI=1S/C16H20N2O2S/c1-16(2,3)14-13(10-19)21-15(17-14)18(4)11-8-6-7-9-12(11)20-5/h6-10H,1-5H3. The number of aromatic nitrogens is 1. The second-order valence-electron chi connectivity index (χ2n) is 5.81. The first-order valence-electron chi connectivity index (χ1n) is 6.71. The molecule has 0 bridgehead atoms. The maximum absolute atomic E-state index is 11.3. The van der Waals surface area contributed by atoms with Crippen LogP contribution in [0, 0.1) is 0 Å². The van der Waals surface area contributed by atoms with E-state index < -0.39 is 0 Å². The third-order valence-electron chi connectivity index (χ3n) is 3.19. The molecule has 5 heteroatoms. The molecule has 1 aromatic carbocycles. The van der Waals surface area contributed by atoms with Crippen molar-refractivity contribution in [3.63, 3.8) is 0 Å². The van der Waals surface area contributed by atoms with Crippen LogP contribution < -0.4 is 9.64 Å². The van der Waals surface area contributed by atoms with Crippen molar-refractivity contribution in [1.29, 1.82) is 0 Å². The highest BCUT2D eigenvalue weighted by Crippen LogP contribution is 2.37. The Hall–Kier alpha value is -1.88. The molecule has 2 aromatic rings. The Kier molecular flexibility index (Phi) is 4.32. The third-order valence-corrected chi connectivity index (χ3v) is 4.25. The predicted octanol–water partition coefficient (Wildman–Crippen LogP) is 4.03. The van der Waals surface area contributed by atoms with Crippen LogP contribution in [0.2, 0.25) is 0 Å². The fourth-order valence-electron chi connectivity index (χ4n) is 2.09. The number of ether oxygens (including phenoxy) is 1. The highest BCUT2D eigenvalue weighted by molar-refractivity contribution is 7.17. The second-order valence-corrected chi connectivity index (χ2v) is 6.82. The van der Waals surface area contributed by atoms with E-state index in [0.717, 1.165) is 28.5 Å². The van der Waals surface area contributed by atoms with Crippen LogP contribution in [0.3, 0.4) is 0 Å². The number of rotatable bonds is 4. The van der Waals surface area contributed by atoms with Gasteiger partial charge in [0.1, 0.15) is 5.75 Å². The zero-order valence-electron chi connectivity index (χ0n) is 13.0. The molecule has 0 aliphatic carbocycles. The minimum absolute atomic E-state index is 0.160. The van der Waals surface area contributed by atoms with Crippen molar-refractivity contribution in [2.24, 2.45) is 0 Å². The molecular weight excluding hydrogens is 284 g/mol. The number of nitrogens with zero attached hydrogens (tertiary/aromatic N) is 2. The second kappa shape index (κ2) is 5.85. The lowest BCUT2D eigenvalue weighted by atomic mass is 9.91. The number of anilines is 2. The summed E-state index contributed by atoms with van der Waals surface area (Å²) in [5.74, 6) is 0.778. The molecule has 0 N–H and O–H groups in total. The molecule has 0 saturated carbocycles. The first-order valence-corrected chi connectivity index (χ1v) is 7.53. The van der Waals surface area contributed by atoms with E-state index >= 15 is 0 Å². The van der Waals surface area contributed by atoms with Crippen LogP contribution in [0.25, 0.3) is 0 Å². The first kappa shape index (κ1) is 15.5. The van der Waals surface area contributed by atoms with Crippen LogP contribution in [0.1, 0.15) is 36.1 Å². The number of hydrogen-bond acceptors (Lipinski definition) is 5. The van der Waals surface area contributed by atoms with Crippen molar-refractivity contribution in [3.8, 4) is 5.75 Å². The number of aldehydes is 1. The minimum atomic E-state index is -0.160. The van der Waals surface area contributed by atoms with E-state index in [1.807, 2.05) is 36.2 Å². The lowest BCUT2D eigenvalue weighted by molar-refractivity contribution is 0.112. The topological polar surface area (TPSA) is 42.4 Å². The minimum Gasteiger partial charge on any atom is -0.495 e. The molecule has 0 atom stereocenters. The van der Waals surface area contributed by atoms with E-state index in [1.54, 1.807) is 7.11 Å². The fraction of sp³-hybridized carbons (Fsp3) is 0.375. The van der Waals surface area contributed by atoms with Crippen molar-refractivity contribution in [1.82, 2.24) is 4.98 Å². The van der Waals surface area contributed by atoms with E-state index in [2.05, 4.69) is 25.8 Å². The summed E-state index contributed by atoms with van der Waals surface area (Å²) >= 11 is 1.40. The molecule has 112 valence electrons. The van der Waals surface area contributed by atoms with Crippen LogP contribution in [0.4, 0.5) is 10.8 Å². The summed E-state index contributed by atoms with van der Waals surface area (Å²) in [6.07, 6.45) is 0.887. The monoisotopic (exact) mass is 304 g/mol. The van der Waals surface area contributed by atoms with Gasteiger partial charge in [-0.25, -0.2) is 4.98 Å². The number of hydrogen-bond donors (Lipinski definition) is 0. The molecule has 21 heavy (non-hydrogen) atoms. The number of carbonyl (C=O) groups excluding carboxylic acids is 1. The SMILES string of the molecule is COc1ccccc1N(C)c1nc(C(C)(C)C)c(C=O)s1. The van der Waals surface area contributed by atoms with Crippen molar-refractivity contribution < 1.29 is 9.53 Å². The maximum atomic E-state index is 11.3. The molecule has 0 radical (unpaired) electrons. The summed E-state index contributed by atoms with van der Waals surface area (Å²) in [5.41, 5.74) is 1.60. The smallest absolute Gasteiger partial charge is 0.190 e. The molecule has 0 spiro atoms. The van der Waals surface area contributed by atoms with Crippen LogP contribution in [0.15, 0.2) is 24.3 Å². The van der Waals surface area contributed by atoms with Crippen LogP contribution in [0.5, 0.6) is 5.75 Å². The average Bonchev–Trinajstić information content (AvgIpc) is 2.90. The van der Waals surface area contributed by atoms with Gasteiger partial charge in [-0.2, -0.15) is 0 Å². The van der Waals surface area contributed by atoms with Gasteiger partial charge in [0, 0.05) is 12.5 Å². The zero-order valence-corrected chi connectivity index (χ0v) is 13.8. The van der Waals surface area contributed by atoms with E-state index in [1.165, 1.54) is 11.3 Å². The number of para-hydroxylation sites is 2. The van der Waals surface area contributed by atoms with Gasteiger partial charge in [-0.1, -0.05) is 44.2 Å². The van der Waals surface area contributed by atoms with Crippen molar-refractivity contribution in [3.05, 3.63) is 34.8 Å². The number of thiazole rings is 1. The Labute approximate surface area is 129 Å². The normalized spacial score (nSPS) is 11.3. The maximum Gasteiger partial charge on any atom is 0.190 e. The van der Waals surface area contributed by atoms with Gasteiger partial charge in [0.05, 0.1) is 23.4 Å². The predicted molar refractivity (Wildman–Crippen MR) is 87.3 cm³/mol. The molecule has 4 nitrogen and oxygen atoms in total. The van der Waals surface area contributed by atoms with Crippen molar-refractivity contribution in [2.75, 3.05) is 19.1 Å². The van der Waals surface area contributed by atoms with Gasteiger partial charge in [0.2, 0.25) is 0 Å². The molecule has 1 heterocycles. The molecular formula is C16H20N2O2S. The average molecular weight is 304 g/mol. The summed E-state index contributed by atoms with van der Waals surface area (Å²) in [6, 6.07) is 7.76. The summed E-state index contributed by atoms with van der Waals surface area (Å²) < 4.78 is 5.38. The Morgan fingerprint density at radius 3 is 2.48 bits per heavy atom. The lowest BCUT2D eigenvalue weighted by Gasteiger charge is -2.19. The van der Waals surface area contributed by atoms with E-state index in [0.29, 0.717) is 4.88 Å². The molecule has 2 rings (SSSR count). The fourth-order valence-corrected chi connectivity index (χ4v) is 3.16. The van der Waals surface area contributed by atoms with Crippen molar-refractivity contribution in [2.45, 2.75) is 26.2 Å². The summed E-state index contributed by atoms with van der Waals surface area (Å²) in [6.45, 7) is 6.17. The van der Waals surface area contributed by atoms with Crippen molar-refractivity contribution >= 4 is 28.4 Å². The van der Waals surface area contributed by atoms with E-state index in [-0.39, 0.29) is 5.41 Å². The Bertz CT molecular complexity index is 644. The summed E-state index contributed by atoms with van der Waals surface area (Å²) in [5, 5.41) is 0.784. The molecule has 0 fully saturated rings. The molecule has 0 unspecified atom stereocenters. The zero-order chi connectivity index (χ0) is 15.6.